The Bertz CT molecular complexity index is 407. The zero-order valence-electron chi connectivity index (χ0n) is 11.3. The third kappa shape index (κ3) is 7.62. The van der Waals surface area contributed by atoms with Crippen molar-refractivity contribution in [2.45, 2.75) is 26.8 Å². The Balaban J connectivity index is 4.32. The van der Waals surface area contributed by atoms with Crippen molar-refractivity contribution in [2.75, 3.05) is 25.4 Å². The number of carbonyl (C=O) groups excluding carboxylic acids is 1. The summed E-state index contributed by atoms with van der Waals surface area (Å²) in [7, 11) is -3.40. The van der Waals surface area contributed by atoms with Gasteiger partial charge < -0.3 is 15.3 Å². The Kier molecular flexibility index (Phi) is 7.38. The maximum absolute atomic E-state index is 11.7. The van der Waals surface area contributed by atoms with Gasteiger partial charge >= 0.3 is 12.0 Å². The SMILES string of the molecule is CCNS(=O)(=O)CCNC(=O)N(CC(=O)O)C(C)C. The molecule has 0 unspecified atom stereocenters. The van der Waals surface area contributed by atoms with E-state index in [-0.39, 0.29) is 24.9 Å². The first kappa shape index (κ1) is 17.6. The first-order valence-electron chi connectivity index (χ1n) is 5.93. The molecule has 19 heavy (non-hydrogen) atoms. The van der Waals surface area contributed by atoms with E-state index in [4.69, 9.17) is 5.11 Å². The zero-order valence-corrected chi connectivity index (χ0v) is 12.2. The molecule has 0 spiro atoms. The molecule has 0 aromatic heterocycles. The Morgan fingerprint density at radius 2 is 1.89 bits per heavy atom. The van der Waals surface area contributed by atoms with Gasteiger partial charge in [-0.05, 0) is 13.8 Å². The van der Waals surface area contributed by atoms with Gasteiger partial charge in [0.05, 0.1) is 5.75 Å². The monoisotopic (exact) mass is 295 g/mol. The molecule has 0 aromatic carbocycles. The van der Waals surface area contributed by atoms with Gasteiger partial charge in [0.1, 0.15) is 6.54 Å². The Hall–Kier alpha value is -1.35. The van der Waals surface area contributed by atoms with Crippen LogP contribution in [0, 0.1) is 0 Å². The van der Waals surface area contributed by atoms with Crippen LogP contribution in [0.15, 0.2) is 0 Å². The first-order valence-corrected chi connectivity index (χ1v) is 7.58. The fourth-order valence-corrected chi connectivity index (χ4v) is 2.28. The van der Waals surface area contributed by atoms with Crippen molar-refractivity contribution in [2.24, 2.45) is 0 Å². The number of nitrogens with one attached hydrogen (secondary N) is 2. The van der Waals surface area contributed by atoms with Gasteiger partial charge in [0, 0.05) is 19.1 Å². The van der Waals surface area contributed by atoms with Crippen LogP contribution in [0.1, 0.15) is 20.8 Å². The van der Waals surface area contributed by atoms with Crippen LogP contribution in [-0.4, -0.2) is 61.9 Å². The van der Waals surface area contributed by atoms with Crippen LogP contribution in [0.5, 0.6) is 0 Å². The molecule has 0 aliphatic rings. The van der Waals surface area contributed by atoms with E-state index < -0.39 is 28.6 Å². The van der Waals surface area contributed by atoms with Crippen LogP contribution in [0.25, 0.3) is 0 Å². The van der Waals surface area contributed by atoms with E-state index in [1.54, 1.807) is 20.8 Å². The molecule has 112 valence electrons. The molecule has 0 saturated heterocycles. The standard InChI is InChI=1S/C10H21N3O5S/c1-4-12-19(17,18)6-5-11-10(16)13(8(2)3)7-9(14)15/h8,12H,4-7H2,1-3H3,(H,11,16)(H,14,15). The Morgan fingerprint density at radius 1 is 1.32 bits per heavy atom. The van der Waals surface area contributed by atoms with Crippen LogP contribution in [0.4, 0.5) is 4.79 Å². The normalized spacial score (nSPS) is 11.4. The van der Waals surface area contributed by atoms with Gasteiger partial charge in [-0.3, -0.25) is 4.79 Å². The average molecular weight is 295 g/mol. The van der Waals surface area contributed by atoms with E-state index in [1.165, 1.54) is 0 Å². The predicted octanol–water partition coefficient (Wildman–Crippen LogP) is -0.570. The van der Waals surface area contributed by atoms with E-state index in [9.17, 15) is 18.0 Å². The molecule has 0 atom stereocenters. The molecular weight excluding hydrogens is 274 g/mol. The van der Waals surface area contributed by atoms with Gasteiger partial charge in [-0.25, -0.2) is 17.9 Å². The third-order valence-corrected chi connectivity index (χ3v) is 3.67. The van der Waals surface area contributed by atoms with Crippen LogP contribution >= 0.6 is 0 Å². The fraction of sp³-hybridized carbons (Fsp3) is 0.800. The maximum Gasteiger partial charge on any atom is 0.323 e. The van der Waals surface area contributed by atoms with Gasteiger partial charge in [-0.2, -0.15) is 0 Å². The molecule has 0 radical (unpaired) electrons. The van der Waals surface area contributed by atoms with E-state index in [0.29, 0.717) is 0 Å². The summed E-state index contributed by atoms with van der Waals surface area (Å²) in [5.74, 6) is -1.37. The molecule has 0 heterocycles. The second kappa shape index (κ2) is 7.95. The van der Waals surface area contributed by atoms with Crippen molar-refractivity contribution >= 4 is 22.0 Å². The van der Waals surface area contributed by atoms with Crippen molar-refractivity contribution in [1.82, 2.24) is 14.9 Å². The summed E-state index contributed by atoms with van der Waals surface area (Å²) < 4.78 is 24.9. The summed E-state index contributed by atoms with van der Waals surface area (Å²) >= 11 is 0. The lowest BCUT2D eigenvalue weighted by Gasteiger charge is -2.25. The molecule has 0 aromatic rings. The van der Waals surface area contributed by atoms with Gasteiger partial charge in [-0.1, -0.05) is 6.92 Å². The number of aliphatic carboxylic acids is 1. The van der Waals surface area contributed by atoms with Crippen LogP contribution in [-0.2, 0) is 14.8 Å². The minimum absolute atomic E-state index is 0.0724. The molecule has 2 amide bonds. The highest BCUT2D eigenvalue weighted by molar-refractivity contribution is 7.89. The predicted molar refractivity (Wildman–Crippen MR) is 70.3 cm³/mol. The summed E-state index contributed by atoms with van der Waals surface area (Å²) in [6.45, 7) is 4.80. The number of sulfonamides is 1. The topological polar surface area (TPSA) is 116 Å². The van der Waals surface area contributed by atoms with E-state index in [1.807, 2.05) is 0 Å². The number of rotatable bonds is 8. The number of carboxylic acids is 1. The lowest BCUT2D eigenvalue weighted by molar-refractivity contribution is -0.138. The van der Waals surface area contributed by atoms with Crippen molar-refractivity contribution in [3.63, 3.8) is 0 Å². The molecule has 0 aliphatic heterocycles. The minimum atomic E-state index is -3.40. The van der Waals surface area contributed by atoms with Crippen molar-refractivity contribution < 1.29 is 23.1 Å². The summed E-state index contributed by atoms with van der Waals surface area (Å²) in [6.07, 6.45) is 0. The molecule has 0 aliphatic carbocycles. The van der Waals surface area contributed by atoms with Crippen molar-refractivity contribution in [3.05, 3.63) is 0 Å². The van der Waals surface area contributed by atoms with Crippen LogP contribution in [0.3, 0.4) is 0 Å². The number of carboxylic acid groups (broad SMARTS) is 1. The summed E-state index contributed by atoms with van der Waals surface area (Å²) in [5, 5.41) is 11.1. The maximum atomic E-state index is 11.7. The van der Waals surface area contributed by atoms with Gasteiger partial charge in [-0.15, -0.1) is 0 Å². The fourth-order valence-electron chi connectivity index (χ4n) is 1.32. The number of carbonyl (C=O) groups is 2. The highest BCUT2D eigenvalue weighted by Crippen LogP contribution is 1.98. The zero-order chi connectivity index (χ0) is 15.1. The molecule has 0 fully saturated rings. The summed E-state index contributed by atoms with van der Waals surface area (Å²) in [6, 6.07) is -0.884. The van der Waals surface area contributed by atoms with E-state index >= 15 is 0 Å². The number of urea groups is 1. The highest BCUT2D eigenvalue weighted by atomic mass is 32.2. The minimum Gasteiger partial charge on any atom is -0.480 e. The quantitative estimate of drug-likeness (QED) is 0.554. The molecule has 3 N–H and O–H groups in total. The highest BCUT2D eigenvalue weighted by Gasteiger charge is 2.20. The number of hydrogen-bond acceptors (Lipinski definition) is 4. The molecule has 0 saturated carbocycles. The second-order valence-electron chi connectivity index (χ2n) is 4.16. The smallest absolute Gasteiger partial charge is 0.323 e. The summed E-state index contributed by atoms with van der Waals surface area (Å²) in [4.78, 5) is 23.4. The second-order valence-corrected chi connectivity index (χ2v) is 6.09. The van der Waals surface area contributed by atoms with Gasteiger partial charge in [0.2, 0.25) is 10.0 Å². The average Bonchev–Trinajstić information content (AvgIpc) is 2.24. The number of amides is 2. The Morgan fingerprint density at radius 3 is 2.32 bits per heavy atom. The van der Waals surface area contributed by atoms with Gasteiger partial charge in [0.25, 0.3) is 0 Å². The Labute approximate surface area is 113 Å². The summed E-state index contributed by atoms with van der Waals surface area (Å²) in [5.41, 5.74) is 0. The van der Waals surface area contributed by atoms with Gasteiger partial charge in [0.15, 0.2) is 0 Å². The van der Waals surface area contributed by atoms with E-state index in [0.717, 1.165) is 4.90 Å². The molecule has 9 heteroatoms. The number of hydrogen-bond donors (Lipinski definition) is 3. The largest absolute Gasteiger partial charge is 0.480 e. The van der Waals surface area contributed by atoms with Crippen molar-refractivity contribution in [3.8, 4) is 0 Å². The van der Waals surface area contributed by atoms with Crippen molar-refractivity contribution in [1.29, 1.82) is 0 Å². The van der Waals surface area contributed by atoms with Crippen LogP contribution in [0.2, 0.25) is 0 Å². The third-order valence-electron chi connectivity index (χ3n) is 2.20. The van der Waals surface area contributed by atoms with E-state index in [2.05, 4.69) is 10.0 Å². The molecular formula is C10H21N3O5S. The molecule has 0 rings (SSSR count). The first-order chi connectivity index (χ1) is 8.69. The van der Waals surface area contributed by atoms with Crippen LogP contribution < -0.4 is 10.0 Å². The molecule has 8 nitrogen and oxygen atoms in total. The lowest BCUT2D eigenvalue weighted by Crippen LogP contribution is -2.47. The molecule has 0 bridgehead atoms. The lowest BCUT2D eigenvalue weighted by atomic mass is 10.3. The number of nitrogens with zero attached hydrogens (tertiary/aromatic N) is 1.